The molecule has 2 aromatic heterocycles. The lowest BCUT2D eigenvalue weighted by Gasteiger charge is -2.05. The Bertz CT molecular complexity index is 958. The molecule has 0 spiro atoms. The quantitative estimate of drug-likeness (QED) is 0.672. The van der Waals surface area contributed by atoms with Crippen LogP contribution >= 0.6 is 11.3 Å². The van der Waals surface area contributed by atoms with Gasteiger partial charge in [0.05, 0.1) is 24.7 Å². The van der Waals surface area contributed by atoms with Gasteiger partial charge in [0.2, 0.25) is 12.7 Å². The molecule has 8 nitrogen and oxygen atoms in total. The van der Waals surface area contributed by atoms with Crippen molar-refractivity contribution in [1.82, 2.24) is 9.97 Å². The number of ether oxygens (including phenoxy) is 3. The average molecular weight is 385 g/mol. The Labute approximate surface area is 158 Å². The van der Waals surface area contributed by atoms with Crippen LogP contribution < -0.4 is 19.5 Å². The molecule has 0 radical (unpaired) electrons. The van der Waals surface area contributed by atoms with Gasteiger partial charge in [0.15, 0.2) is 11.5 Å². The maximum atomic E-state index is 12.4. The van der Waals surface area contributed by atoms with Crippen LogP contribution in [0.4, 0.5) is 5.69 Å². The van der Waals surface area contributed by atoms with Crippen molar-refractivity contribution < 1.29 is 24.1 Å². The molecule has 3 heterocycles. The molecule has 1 amide bonds. The van der Waals surface area contributed by atoms with Crippen molar-refractivity contribution in [1.29, 1.82) is 0 Å². The molecular formula is C18H15N3O5S. The molecule has 1 aromatic carbocycles. The van der Waals surface area contributed by atoms with Gasteiger partial charge in [0, 0.05) is 11.6 Å². The highest BCUT2D eigenvalue weighted by Gasteiger charge is 2.17. The van der Waals surface area contributed by atoms with E-state index in [9.17, 15) is 4.79 Å². The van der Waals surface area contributed by atoms with Crippen molar-refractivity contribution in [2.45, 2.75) is 0 Å². The van der Waals surface area contributed by atoms with Gasteiger partial charge >= 0.3 is 0 Å². The van der Waals surface area contributed by atoms with Crippen LogP contribution in [0.15, 0.2) is 42.7 Å². The van der Waals surface area contributed by atoms with E-state index >= 15 is 0 Å². The molecule has 4 rings (SSSR count). The number of nitrogens with zero attached hydrogens (tertiary/aromatic N) is 2. The number of anilines is 1. The summed E-state index contributed by atoms with van der Waals surface area (Å²) in [6, 6.07) is 8.85. The van der Waals surface area contributed by atoms with Crippen LogP contribution in [0.1, 0.15) is 9.67 Å². The number of benzene rings is 1. The van der Waals surface area contributed by atoms with E-state index in [0.29, 0.717) is 33.0 Å². The van der Waals surface area contributed by atoms with E-state index in [4.69, 9.17) is 19.3 Å². The van der Waals surface area contributed by atoms with Crippen molar-refractivity contribution in [3.05, 3.63) is 47.6 Å². The van der Waals surface area contributed by atoms with Gasteiger partial charge in [-0.1, -0.05) is 0 Å². The molecule has 27 heavy (non-hydrogen) atoms. The Morgan fingerprint density at radius 3 is 2.89 bits per heavy atom. The second kappa shape index (κ2) is 7.60. The molecule has 0 saturated carbocycles. The molecule has 0 atom stereocenters. The molecule has 0 unspecified atom stereocenters. The monoisotopic (exact) mass is 385 g/mol. The molecule has 0 aliphatic carbocycles. The van der Waals surface area contributed by atoms with Crippen LogP contribution in [0, 0.1) is 0 Å². The van der Waals surface area contributed by atoms with Crippen molar-refractivity contribution in [2.24, 2.45) is 0 Å². The fourth-order valence-electron chi connectivity index (χ4n) is 2.42. The summed E-state index contributed by atoms with van der Waals surface area (Å²) in [5.41, 5.74) is 1.39. The smallest absolute Gasteiger partial charge is 0.267 e. The third-order valence-electron chi connectivity index (χ3n) is 3.68. The average Bonchev–Trinajstić information content (AvgIpc) is 3.36. The van der Waals surface area contributed by atoms with Gasteiger partial charge in [-0.25, -0.2) is 9.97 Å². The van der Waals surface area contributed by atoms with E-state index in [-0.39, 0.29) is 25.9 Å². The Balaban J connectivity index is 1.44. The number of aromatic nitrogens is 2. The van der Waals surface area contributed by atoms with E-state index in [1.54, 1.807) is 12.1 Å². The topological polar surface area (TPSA) is 103 Å². The highest BCUT2D eigenvalue weighted by Crippen LogP contribution is 2.37. The standard InChI is InChI=1S/C18H15N3O5S/c22-5-6-24-16-4-2-12(8-19-16)21-17(23)15-9-20-18(27-15)11-1-3-13-14(7-11)26-10-25-13/h1-4,7-9,22H,5-6,10H2,(H,21,23). The minimum absolute atomic E-state index is 0.0861. The first-order chi connectivity index (χ1) is 13.2. The number of thiazole rings is 1. The van der Waals surface area contributed by atoms with Crippen LogP contribution in [-0.2, 0) is 0 Å². The van der Waals surface area contributed by atoms with E-state index < -0.39 is 0 Å². The lowest BCUT2D eigenvalue weighted by molar-refractivity contribution is 0.103. The highest BCUT2D eigenvalue weighted by molar-refractivity contribution is 7.17. The summed E-state index contributed by atoms with van der Waals surface area (Å²) in [4.78, 5) is 21.3. The van der Waals surface area contributed by atoms with Crippen molar-refractivity contribution in [3.63, 3.8) is 0 Å². The SMILES string of the molecule is O=C(Nc1ccc(OCCO)nc1)c1cnc(-c2ccc3c(c2)OCO3)s1. The molecule has 1 aliphatic heterocycles. The molecular weight excluding hydrogens is 370 g/mol. The van der Waals surface area contributed by atoms with Crippen LogP contribution in [-0.4, -0.2) is 41.0 Å². The minimum atomic E-state index is -0.273. The summed E-state index contributed by atoms with van der Waals surface area (Å²) in [6.45, 7) is 0.293. The maximum Gasteiger partial charge on any atom is 0.267 e. The zero-order valence-corrected chi connectivity index (χ0v) is 14.9. The summed E-state index contributed by atoms with van der Waals surface area (Å²) in [7, 11) is 0. The Kier molecular flexibility index (Phi) is 4.86. The summed E-state index contributed by atoms with van der Waals surface area (Å²) in [5.74, 6) is 1.48. The van der Waals surface area contributed by atoms with Crippen LogP contribution in [0.25, 0.3) is 10.6 Å². The molecule has 9 heteroatoms. The van der Waals surface area contributed by atoms with E-state index in [1.807, 2.05) is 18.2 Å². The number of nitrogens with one attached hydrogen (secondary N) is 1. The van der Waals surface area contributed by atoms with Gasteiger partial charge in [0.25, 0.3) is 5.91 Å². The van der Waals surface area contributed by atoms with Gasteiger partial charge in [-0.2, -0.15) is 0 Å². The zero-order valence-electron chi connectivity index (χ0n) is 14.0. The van der Waals surface area contributed by atoms with Gasteiger partial charge in [-0.05, 0) is 24.3 Å². The lowest BCUT2D eigenvalue weighted by atomic mass is 10.2. The molecule has 0 saturated heterocycles. The van der Waals surface area contributed by atoms with Gasteiger partial charge in [-0.3, -0.25) is 4.79 Å². The third kappa shape index (κ3) is 3.83. The number of pyridine rings is 1. The summed E-state index contributed by atoms with van der Waals surface area (Å²) in [5, 5.41) is 12.2. The first kappa shape index (κ1) is 17.3. The first-order valence-electron chi connectivity index (χ1n) is 8.10. The zero-order chi connectivity index (χ0) is 18.6. The van der Waals surface area contributed by atoms with Crippen LogP contribution in [0.3, 0.4) is 0 Å². The van der Waals surface area contributed by atoms with Gasteiger partial charge in [-0.15, -0.1) is 11.3 Å². The number of hydrogen-bond donors (Lipinski definition) is 2. The lowest BCUT2D eigenvalue weighted by Crippen LogP contribution is -2.10. The van der Waals surface area contributed by atoms with Crippen LogP contribution in [0.5, 0.6) is 17.4 Å². The molecule has 3 aromatic rings. The van der Waals surface area contributed by atoms with Gasteiger partial charge < -0.3 is 24.6 Å². The summed E-state index contributed by atoms with van der Waals surface area (Å²) in [6.07, 6.45) is 3.02. The molecule has 0 fully saturated rings. The number of carbonyl (C=O) groups is 1. The third-order valence-corrected chi connectivity index (χ3v) is 4.73. The number of amides is 1. The van der Waals surface area contributed by atoms with E-state index in [2.05, 4.69) is 15.3 Å². The Hall–Kier alpha value is -3.17. The molecule has 0 bridgehead atoms. The maximum absolute atomic E-state index is 12.4. The molecule has 1 aliphatic rings. The summed E-state index contributed by atoms with van der Waals surface area (Å²) >= 11 is 1.28. The van der Waals surface area contributed by atoms with Crippen molar-refractivity contribution in [2.75, 3.05) is 25.3 Å². The predicted octanol–water partition coefficient (Wildman–Crippen LogP) is 2.56. The number of hydrogen-bond acceptors (Lipinski definition) is 8. The fourth-order valence-corrected chi connectivity index (χ4v) is 3.23. The Morgan fingerprint density at radius 1 is 1.19 bits per heavy atom. The van der Waals surface area contributed by atoms with Crippen molar-refractivity contribution in [3.8, 4) is 28.0 Å². The second-order valence-corrected chi connectivity index (χ2v) is 6.54. The summed E-state index contributed by atoms with van der Waals surface area (Å²) < 4.78 is 15.9. The first-order valence-corrected chi connectivity index (χ1v) is 8.91. The van der Waals surface area contributed by atoms with Crippen LogP contribution in [0.2, 0.25) is 0 Å². The molecule has 138 valence electrons. The van der Waals surface area contributed by atoms with Gasteiger partial charge in [0.1, 0.15) is 16.5 Å². The van der Waals surface area contributed by atoms with E-state index in [0.717, 1.165) is 5.56 Å². The number of aliphatic hydroxyl groups excluding tert-OH is 1. The van der Waals surface area contributed by atoms with Crippen molar-refractivity contribution >= 4 is 22.9 Å². The number of carbonyl (C=O) groups excluding carboxylic acids is 1. The second-order valence-electron chi connectivity index (χ2n) is 5.51. The molecule has 2 N–H and O–H groups in total. The highest BCUT2D eigenvalue weighted by atomic mass is 32.1. The number of rotatable bonds is 6. The Morgan fingerprint density at radius 2 is 2.07 bits per heavy atom. The fraction of sp³-hybridized carbons (Fsp3) is 0.167. The normalized spacial score (nSPS) is 12.0. The minimum Gasteiger partial charge on any atom is -0.475 e. The predicted molar refractivity (Wildman–Crippen MR) is 98.4 cm³/mol. The van der Waals surface area contributed by atoms with E-state index in [1.165, 1.54) is 23.7 Å². The number of aliphatic hydroxyl groups is 1. The largest absolute Gasteiger partial charge is 0.475 e. The number of fused-ring (bicyclic) bond motifs is 1.